The Bertz CT molecular complexity index is 706. The molecule has 100 valence electrons. The summed E-state index contributed by atoms with van der Waals surface area (Å²) >= 11 is 5.06. The molecule has 1 N–H and O–H groups in total. The summed E-state index contributed by atoms with van der Waals surface area (Å²) in [5, 5.41) is 8.97. The number of rotatable bonds is 2. The third-order valence-corrected chi connectivity index (χ3v) is 3.14. The fourth-order valence-corrected chi connectivity index (χ4v) is 2.49. The highest BCUT2D eigenvalue weighted by atomic mass is 32.1. The lowest BCUT2D eigenvalue weighted by molar-refractivity contribution is -0.141. The van der Waals surface area contributed by atoms with Crippen molar-refractivity contribution in [2.75, 3.05) is 0 Å². The van der Waals surface area contributed by atoms with Crippen LogP contribution < -0.4 is 0 Å². The molecule has 19 heavy (non-hydrogen) atoms. The van der Waals surface area contributed by atoms with Gasteiger partial charge in [-0.3, -0.25) is 0 Å². The topological polar surface area (TPSA) is 44.5 Å². The predicted octanol–water partition coefficient (Wildman–Crippen LogP) is 4.08. The van der Waals surface area contributed by atoms with Gasteiger partial charge in [0.05, 0.1) is 23.0 Å². The molecule has 0 aliphatic heterocycles. The first-order valence-corrected chi connectivity index (χ1v) is 5.94. The molecular formula is C12H10F3N3S. The number of halogens is 3. The van der Waals surface area contributed by atoms with E-state index in [1.54, 1.807) is 18.2 Å². The first-order valence-electron chi connectivity index (χ1n) is 5.53. The number of nitrogens with one attached hydrogen (secondary N) is 1. The van der Waals surface area contributed by atoms with E-state index in [-0.39, 0.29) is 4.77 Å². The maximum absolute atomic E-state index is 12.5. The van der Waals surface area contributed by atoms with Crippen LogP contribution in [0.1, 0.15) is 24.9 Å². The van der Waals surface area contributed by atoms with Gasteiger partial charge in [0.1, 0.15) is 6.07 Å². The predicted molar refractivity (Wildman–Crippen MR) is 67.2 cm³/mol. The molecule has 0 aliphatic carbocycles. The van der Waals surface area contributed by atoms with Crippen molar-refractivity contribution in [3.63, 3.8) is 0 Å². The Kier molecular flexibility index (Phi) is 3.37. The summed E-state index contributed by atoms with van der Waals surface area (Å²) < 4.78 is 39.0. The van der Waals surface area contributed by atoms with Crippen LogP contribution >= 0.6 is 12.2 Å². The Hall–Kier alpha value is -1.81. The van der Waals surface area contributed by atoms with Gasteiger partial charge in [0.25, 0.3) is 0 Å². The third-order valence-electron chi connectivity index (χ3n) is 2.84. The molecule has 2 aromatic rings. The average molecular weight is 285 g/mol. The quantitative estimate of drug-likeness (QED) is 0.845. The number of H-pyrrole nitrogens is 1. The summed E-state index contributed by atoms with van der Waals surface area (Å²) in [7, 11) is 0. The maximum Gasteiger partial charge on any atom is 0.391 e. The van der Waals surface area contributed by atoms with Crippen molar-refractivity contribution >= 4 is 23.3 Å². The van der Waals surface area contributed by atoms with Crippen molar-refractivity contribution in [3.8, 4) is 6.07 Å². The molecule has 3 nitrogen and oxygen atoms in total. The monoisotopic (exact) mass is 285 g/mol. The van der Waals surface area contributed by atoms with E-state index in [1.165, 1.54) is 11.5 Å². The van der Waals surface area contributed by atoms with Crippen LogP contribution in [0.2, 0.25) is 0 Å². The number of nitrogens with zero attached hydrogens (tertiary/aromatic N) is 2. The lowest BCUT2D eigenvalue weighted by atomic mass is 10.2. The molecule has 0 fully saturated rings. The van der Waals surface area contributed by atoms with Crippen LogP contribution in [0.5, 0.6) is 0 Å². The fourth-order valence-electron chi connectivity index (χ4n) is 2.11. The summed E-state index contributed by atoms with van der Waals surface area (Å²) in [6.07, 6.45) is -5.23. The molecule has 2 rings (SSSR count). The van der Waals surface area contributed by atoms with Gasteiger partial charge in [-0.1, -0.05) is 6.07 Å². The minimum atomic E-state index is -4.26. The highest BCUT2D eigenvalue weighted by Gasteiger charge is 2.31. The number of hydrogen-bond donors (Lipinski definition) is 1. The van der Waals surface area contributed by atoms with E-state index in [2.05, 4.69) is 4.98 Å². The number of para-hydroxylation sites is 1. The Morgan fingerprint density at radius 3 is 2.74 bits per heavy atom. The molecule has 0 aliphatic rings. The lowest BCUT2D eigenvalue weighted by Gasteiger charge is -2.16. The second-order valence-electron chi connectivity index (χ2n) is 4.28. The molecule has 1 heterocycles. The normalized spacial score (nSPS) is 13.4. The highest BCUT2D eigenvalue weighted by Crippen LogP contribution is 2.30. The molecule has 0 saturated heterocycles. The molecule has 1 aromatic carbocycles. The second-order valence-corrected chi connectivity index (χ2v) is 4.67. The SMILES string of the molecule is CC(CC(F)(F)F)n1c(=S)[nH]c2c(C#N)cccc21. The molecule has 1 atom stereocenters. The van der Waals surface area contributed by atoms with Crippen LogP contribution in [0, 0.1) is 16.1 Å². The minimum absolute atomic E-state index is 0.189. The molecule has 0 radical (unpaired) electrons. The number of hydrogen-bond acceptors (Lipinski definition) is 2. The van der Waals surface area contributed by atoms with Crippen molar-refractivity contribution in [1.29, 1.82) is 5.26 Å². The average Bonchev–Trinajstić information content (AvgIpc) is 2.62. The second kappa shape index (κ2) is 4.70. The molecule has 0 saturated carbocycles. The van der Waals surface area contributed by atoms with Gasteiger partial charge in [0.15, 0.2) is 4.77 Å². The van der Waals surface area contributed by atoms with Gasteiger partial charge in [0.2, 0.25) is 0 Å². The van der Waals surface area contributed by atoms with Gasteiger partial charge in [-0.2, -0.15) is 18.4 Å². The number of alkyl halides is 3. The number of fused-ring (bicyclic) bond motifs is 1. The van der Waals surface area contributed by atoms with E-state index >= 15 is 0 Å². The van der Waals surface area contributed by atoms with Gasteiger partial charge in [-0.05, 0) is 31.3 Å². The number of aromatic amines is 1. The maximum atomic E-state index is 12.5. The summed E-state index contributed by atoms with van der Waals surface area (Å²) in [6, 6.07) is 6.02. The largest absolute Gasteiger partial charge is 0.391 e. The van der Waals surface area contributed by atoms with E-state index in [4.69, 9.17) is 17.5 Å². The van der Waals surface area contributed by atoms with Crippen LogP contribution in [-0.2, 0) is 0 Å². The number of imidazole rings is 1. The highest BCUT2D eigenvalue weighted by molar-refractivity contribution is 7.71. The van der Waals surface area contributed by atoms with E-state index in [0.717, 1.165) is 0 Å². The molecule has 0 amide bonds. The third kappa shape index (κ3) is 2.63. The van der Waals surface area contributed by atoms with E-state index in [0.29, 0.717) is 16.6 Å². The van der Waals surface area contributed by atoms with Gasteiger partial charge >= 0.3 is 6.18 Å². The smallest absolute Gasteiger partial charge is 0.329 e. The minimum Gasteiger partial charge on any atom is -0.329 e. The number of aromatic nitrogens is 2. The van der Waals surface area contributed by atoms with Crippen LogP contribution in [0.15, 0.2) is 18.2 Å². The van der Waals surface area contributed by atoms with Crippen molar-refractivity contribution in [1.82, 2.24) is 9.55 Å². The van der Waals surface area contributed by atoms with Gasteiger partial charge < -0.3 is 9.55 Å². The van der Waals surface area contributed by atoms with Crippen molar-refractivity contribution in [2.24, 2.45) is 0 Å². The van der Waals surface area contributed by atoms with Gasteiger partial charge in [-0.15, -0.1) is 0 Å². The summed E-state index contributed by atoms with van der Waals surface area (Å²) in [5.41, 5.74) is 1.35. The van der Waals surface area contributed by atoms with Gasteiger partial charge in [-0.25, -0.2) is 0 Å². The van der Waals surface area contributed by atoms with E-state index < -0.39 is 18.6 Å². The fraction of sp³-hybridized carbons (Fsp3) is 0.333. The summed E-state index contributed by atoms with van der Waals surface area (Å²) in [4.78, 5) is 2.80. The number of benzene rings is 1. The molecule has 1 aromatic heterocycles. The van der Waals surface area contributed by atoms with Crippen LogP contribution in [0.4, 0.5) is 13.2 Å². The first-order chi connectivity index (χ1) is 8.83. The van der Waals surface area contributed by atoms with E-state index in [9.17, 15) is 13.2 Å². The summed E-state index contributed by atoms with van der Waals surface area (Å²) in [6.45, 7) is 1.45. The Balaban J connectivity index is 2.59. The van der Waals surface area contributed by atoms with Crippen molar-refractivity contribution in [3.05, 3.63) is 28.5 Å². The standard InChI is InChI=1S/C12H10F3N3S/c1-7(5-12(13,14)15)18-9-4-2-3-8(6-16)10(9)17-11(18)19/h2-4,7H,5H2,1H3,(H,17,19). The van der Waals surface area contributed by atoms with Crippen LogP contribution in [0.25, 0.3) is 11.0 Å². The zero-order valence-corrected chi connectivity index (χ0v) is 10.8. The number of nitriles is 1. The van der Waals surface area contributed by atoms with Crippen molar-refractivity contribution < 1.29 is 13.2 Å². The molecule has 0 bridgehead atoms. The Labute approximate surface area is 112 Å². The molecular weight excluding hydrogens is 275 g/mol. The lowest BCUT2D eigenvalue weighted by Crippen LogP contribution is -2.16. The molecule has 0 spiro atoms. The van der Waals surface area contributed by atoms with Crippen LogP contribution in [-0.4, -0.2) is 15.7 Å². The van der Waals surface area contributed by atoms with Gasteiger partial charge in [0, 0.05) is 6.04 Å². The molecule has 1 unspecified atom stereocenters. The van der Waals surface area contributed by atoms with Crippen molar-refractivity contribution in [2.45, 2.75) is 25.6 Å². The summed E-state index contributed by atoms with van der Waals surface area (Å²) in [5.74, 6) is 0. The zero-order valence-electron chi connectivity index (χ0n) is 9.95. The Morgan fingerprint density at radius 1 is 1.47 bits per heavy atom. The van der Waals surface area contributed by atoms with Crippen LogP contribution in [0.3, 0.4) is 0 Å². The first kappa shape index (κ1) is 13.6. The Morgan fingerprint density at radius 2 is 2.16 bits per heavy atom. The zero-order chi connectivity index (χ0) is 14.2. The molecule has 7 heteroatoms. The van der Waals surface area contributed by atoms with E-state index in [1.807, 2.05) is 6.07 Å².